The minimum Gasteiger partial charge on any atom is -0.300 e. The molecule has 2 heterocycles. The van der Waals surface area contributed by atoms with Crippen molar-refractivity contribution in [3.63, 3.8) is 0 Å². The molecule has 2 aromatic heterocycles. The fourth-order valence-corrected chi connectivity index (χ4v) is 3.44. The van der Waals surface area contributed by atoms with E-state index < -0.39 is 0 Å². The van der Waals surface area contributed by atoms with Gasteiger partial charge in [0.2, 0.25) is 5.91 Å². The van der Waals surface area contributed by atoms with Gasteiger partial charge in [-0.25, -0.2) is 9.67 Å². The van der Waals surface area contributed by atoms with Crippen LogP contribution in [0, 0.1) is 0 Å². The average Bonchev–Trinajstić information content (AvgIpc) is 3.23. The van der Waals surface area contributed by atoms with Gasteiger partial charge < -0.3 is 5.32 Å². The number of para-hydroxylation sites is 1. The molecule has 0 aliphatic rings. The number of carbonyl (C=O) groups is 1. The fraction of sp³-hybridized carbons (Fsp3) is 0.111. The van der Waals surface area contributed by atoms with Crippen LogP contribution < -0.4 is 5.32 Å². The number of fused-ring (bicyclic) bond motifs is 1. The van der Waals surface area contributed by atoms with Gasteiger partial charge in [0.25, 0.3) is 0 Å². The van der Waals surface area contributed by atoms with Crippen molar-refractivity contribution in [3.05, 3.63) is 71.2 Å². The second kappa shape index (κ2) is 6.82. The Morgan fingerprint density at radius 2 is 1.88 bits per heavy atom. The molecule has 0 fully saturated rings. The molecule has 0 radical (unpaired) electrons. The van der Waals surface area contributed by atoms with E-state index in [1.165, 1.54) is 16.9 Å². The van der Waals surface area contributed by atoms with Crippen LogP contribution in [0.3, 0.4) is 0 Å². The molecule has 1 amide bonds. The monoisotopic (exact) mass is 349 g/mol. The molecule has 0 saturated heterocycles. The Labute approximate surface area is 148 Å². The molecular weight excluding hydrogens is 334 g/mol. The minimum atomic E-state index is -0.170. The van der Waals surface area contributed by atoms with Gasteiger partial charge in [-0.1, -0.05) is 47.7 Å². The standard InChI is InChI=1S/C18H15N5OS/c24-17(12-23-16-9-5-4-8-15(16)21-22-23)20-18-19-11-14(25-18)10-13-6-2-1-3-7-13/h1-9,11H,10,12H2,(H,19,20,24). The van der Waals surface area contributed by atoms with Gasteiger partial charge in [0.05, 0.1) is 5.52 Å². The van der Waals surface area contributed by atoms with Crippen LogP contribution in [0.15, 0.2) is 60.8 Å². The molecule has 2 aromatic carbocycles. The van der Waals surface area contributed by atoms with Crippen molar-refractivity contribution in [2.24, 2.45) is 0 Å². The third-order valence-corrected chi connectivity index (χ3v) is 4.65. The fourth-order valence-electron chi connectivity index (χ4n) is 2.57. The van der Waals surface area contributed by atoms with Crippen LogP contribution in [0.4, 0.5) is 5.13 Å². The smallest absolute Gasteiger partial charge is 0.247 e. The predicted octanol–water partition coefficient (Wildman–Crippen LogP) is 3.12. The molecule has 1 N–H and O–H groups in total. The van der Waals surface area contributed by atoms with E-state index in [0.717, 1.165) is 22.3 Å². The second-order valence-electron chi connectivity index (χ2n) is 5.58. The highest BCUT2D eigenvalue weighted by Gasteiger charge is 2.11. The summed E-state index contributed by atoms with van der Waals surface area (Å²) in [5.74, 6) is -0.170. The normalized spacial score (nSPS) is 10.9. The number of nitrogens with one attached hydrogen (secondary N) is 1. The first-order valence-corrected chi connectivity index (χ1v) is 8.66. The zero-order chi connectivity index (χ0) is 17.1. The van der Waals surface area contributed by atoms with E-state index >= 15 is 0 Å². The second-order valence-corrected chi connectivity index (χ2v) is 6.69. The summed E-state index contributed by atoms with van der Waals surface area (Å²) in [4.78, 5) is 17.6. The summed E-state index contributed by atoms with van der Waals surface area (Å²) in [7, 11) is 0. The largest absolute Gasteiger partial charge is 0.300 e. The Morgan fingerprint density at radius 1 is 1.08 bits per heavy atom. The molecular formula is C18H15N5OS. The Kier molecular flexibility index (Phi) is 4.22. The molecule has 0 unspecified atom stereocenters. The van der Waals surface area contributed by atoms with Crippen molar-refractivity contribution in [1.82, 2.24) is 20.0 Å². The van der Waals surface area contributed by atoms with Crippen molar-refractivity contribution in [2.75, 3.05) is 5.32 Å². The van der Waals surface area contributed by atoms with E-state index in [9.17, 15) is 4.79 Å². The number of aromatic nitrogens is 4. The zero-order valence-corrected chi connectivity index (χ0v) is 14.1. The van der Waals surface area contributed by atoms with Crippen LogP contribution in [0.25, 0.3) is 11.0 Å². The molecule has 124 valence electrons. The lowest BCUT2D eigenvalue weighted by Gasteiger charge is -2.02. The quantitative estimate of drug-likeness (QED) is 0.601. The number of carbonyl (C=O) groups excluding carboxylic acids is 1. The highest BCUT2D eigenvalue weighted by Crippen LogP contribution is 2.21. The van der Waals surface area contributed by atoms with Crippen molar-refractivity contribution < 1.29 is 4.79 Å². The van der Waals surface area contributed by atoms with Crippen molar-refractivity contribution in [2.45, 2.75) is 13.0 Å². The number of nitrogens with zero attached hydrogens (tertiary/aromatic N) is 4. The molecule has 25 heavy (non-hydrogen) atoms. The Bertz CT molecular complexity index is 1010. The maximum atomic E-state index is 12.3. The van der Waals surface area contributed by atoms with Crippen LogP contribution >= 0.6 is 11.3 Å². The van der Waals surface area contributed by atoms with Gasteiger partial charge in [-0.15, -0.1) is 16.4 Å². The molecule has 4 rings (SSSR count). The summed E-state index contributed by atoms with van der Waals surface area (Å²) in [6.45, 7) is 0.105. The van der Waals surface area contributed by atoms with E-state index in [0.29, 0.717) is 5.13 Å². The number of amides is 1. The maximum absolute atomic E-state index is 12.3. The van der Waals surface area contributed by atoms with Crippen LogP contribution in [-0.4, -0.2) is 25.9 Å². The highest BCUT2D eigenvalue weighted by atomic mass is 32.1. The summed E-state index contributed by atoms with van der Waals surface area (Å²) >= 11 is 1.48. The predicted molar refractivity (Wildman–Crippen MR) is 97.5 cm³/mol. The van der Waals surface area contributed by atoms with E-state index in [-0.39, 0.29) is 12.5 Å². The first-order valence-electron chi connectivity index (χ1n) is 7.84. The van der Waals surface area contributed by atoms with Crippen LogP contribution in [0.1, 0.15) is 10.4 Å². The number of thiazole rings is 1. The zero-order valence-electron chi connectivity index (χ0n) is 13.3. The molecule has 0 atom stereocenters. The summed E-state index contributed by atoms with van der Waals surface area (Å²) in [5.41, 5.74) is 2.83. The van der Waals surface area contributed by atoms with Crippen molar-refractivity contribution in [1.29, 1.82) is 0 Å². The molecule has 0 spiro atoms. The molecule has 6 nitrogen and oxygen atoms in total. The number of rotatable bonds is 5. The third kappa shape index (κ3) is 3.56. The van der Waals surface area contributed by atoms with Gasteiger partial charge in [0, 0.05) is 17.5 Å². The lowest BCUT2D eigenvalue weighted by atomic mass is 10.1. The maximum Gasteiger partial charge on any atom is 0.247 e. The van der Waals surface area contributed by atoms with Crippen LogP contribution in [-0.2, 0) is 17.8 Å². The van der Waals surface area contributed by atoms with Gasteiger partial charge in [0.1, 0.15) is 12.1 Å². The van der Waals surface area contributed by atoms with Gasteiger partial charge in [-0.2, -0.15) is 0 Å². The van der Waals surface area contributed by atoms with Gasteiger partial charge >= 0.3 is 0 Å². The number of benzene rings is 2. The lowest BCUT2D eigenvalue weighted by Crippen LogP contribution is -2.19. The van der Waals surface area contributed by atoms with Gasteiger partial charge in [-0.05, 0) is 17.7 Å². The van der Waals surface area contributed by atoms with Gasteiger partial charge in [0.15, 0.2) is 5.13 Å². The molecule has 7 heteroatoms. The Balaban J connectivity index is 1.41. The third-order valence-electron chi connectivity index (χ3n) is 3.73. The molecule has 0 saturated carbocycles. The Morgan fingerprint density at radius 3 is 2.76 bits per heavy atom. The topological polar surface area (TPSA) is 72.7 Å². The highest BCUT2D eigenvalue weighted by molar-refractivity contribution is 7.15. The van der Waals surface area contributed by atoms with Gasteiger partial charge in [-0.3, -0.25) is 4.79 Å². The summed E-state index contributed by atoms with van der Waals surface area (Å²) in [5, 5.41) is 11.5. The molecule has 0 bridgehead atoms. The first kappa shape index (κ1) is 15.5. The molecule has 4 aromatic rings. The van der Waals surface area contributed by atoms with E-state index in [1.807, 2.05) is 42.5 Å². The van der Waals surface area contributed by atoms with E-state index in [2.05, 4.69) is 32.7 Å². The average molecular weight is 349 g/mol. The molecule has 0 aliphatic carbocycles. The Hall–Kier alpha value is -3.06. The van der Waals surface area contributed by atoms with Crippen LogP contribution in [0.2, 0.25) is 0 Å². The summed E-state index contributed by atoms with van der Waals surface area (Å²) in [6, 6.07) is 17.7. The first-order chi connectivity index (χ1) is 12.3. The number of anilines is 1. The SMILES string of the molecule is O=C(Cn1nnc2ccccc21)Nc1ncc(Cc2ccccc2)s1. The van der Waals surface area contributed by atoms with E-state index in [4.69, 9.17) is 0 Å². The molecule has 0 aliphatic heterocycles. The van der Waals surface area contributed by atoms with Crippen molar-refractivity contribution in [3.8, 4) is 0 Å². The van der Waals surface area contributed by atoms with Crippen LogP contribution in [0.5, 0.6) is 0 Å². The minimum absolute atomic E-state index is 0.105. The van der Waals surface area contributed by atoms with E-state index in [1.54, 1.807) is 10.9 Å². The van der Waals surface area contributed by atoms with Crippen molar-refractivity contribution >= 4 is 33.4 Å². The number of hydrogen-bond donors (Lipinski definition) is 1. The summed E-state index contributed by atoms with van der Waals surface area (Å²) in [6.07, 6.45) is 2.61. The number of hydrogen-bond acceptors (Lipinski definition) is 5. The lowest BCUT2D eigenvalue weighted by molar-refractivity contribution is -0.116. The summed E-state index contributed by atoms with van der Waals surface area (Å²) < 4.78 is 1.59.